The summed E-state index contributed by atoms with van der Waals surface area (Å²) < 4.78 is 36.5. The topological polar surface area (TPSA) is 67.6 Å². The fraction of sp³-hybridized carbons (Fsp3) is 0.778. The second kappa shape index (κ2) is 4.82. The van der Waals surface area contributed by atoms with Crippen LogP contribution < -0.4 is 5.73 Å². The number of H-pyrrole nitrogens is 1. The van der Waals surface area contributed by atoms with Crippen molar-refractivity contribution < 1.29 is 13.2 Å². The van der Waals surface area contributed by atoms with Crippen LogP contribution in [0.1, 0.15) is 31.9 Å². The molecule has 0 amide bonds. The van der Waals surface area contributed by atoms with Gasteiger partial charge in [0.25, 0.3) is 5.82 Å². The molecule has 4 nitrogen and oxygen atoms in total. The molecular weight excluding hydrogens is 221 g/mol. The van der Waals surface area contributed by atoms with Crippen molar-refractivity contribution in [3.05, 3.63) is 11.6 Å². The Kier molecular flexibility index (Phi) is 3.90. The number of aromatic amines is 1. The van der Waals surface area contributed by atoms with E-state index >= 15 is 0 Å². The number of nitrogens with two attached hydrogens (primary N) is 1. The van der Waals surface area contributed by atoms with Crippen molar-refractivity contribution in [1.29, 1.82) is 0 Å². The van der Waals surface area contributed by atoms with E-state index in [4.69, 9.17) is 5.73 Å². The molecule has 0 bridgehead atoms. The Balaban J connectivity index is 2.59. The molecule has 1 rings (SSSR count). The largest absolute Gasteiger partial charge is 0.453 e. The fourth-order valence-electron chi connectivity index (χ4n) is 1.45. The van der Waals surface area contributed by atoms with Gasteiger partial charge in [-0.25, -0.2) is 4.98 Å². The van der Waals surface area contributed by atoms with Gasteiger partial charge in [-0.3, -0.25) is 5.10 Å². The minimum Gasteiger partial charge on any atom is -0.327 e. The molecule has 0 unspecified atom stereocenters. The van der Waals surface area contributed by atoms with E-state index in [2.05, 4.69) is 15.2 Å². The van der Waals surface area contributed by atoms with Crippen molar-refractivity contribution in [3.63, 3.8) is 0 Å². The van der Waals surface area contributed by atoms with Gasteiger partial charge in [0, 0.05) is 12.5 Å². The van der Waals surface area contributed by atoms with E-state index in [0.29, 0.717) is 5.92 Å². The Bertz CT molecular complexity index is 332. The number of hydrogen-bond donors (Lipinski definition) is 2. The second-order valence-corrected chi connectivity index (χ2v) is 4.20. The highest BCUT2D eigenvalue weighted by Gasteiger charge is 2.36. The van der Waals surface area contributed by atoms with Gasteiger partial charge in [0.15, 0.2) is 0 Å². The SMILES string of the molecule is CC(C)C[C@H](N)Cc1nc(C(F)(F)F)n[nH]1. The van der Waals surface area contributed by atoms with Gasteiger partial charge in [0.2, 0.25) is 0 Å². The van der Waals surface area contributed by atoms with Crippen LogP contribution in [-0.4, -0.2) is 21.2 Å². The minimum atomic E-state index is -4.50. The Hall–Kier alpha value is -1.11. The third kappa shape index (κ3) is 3.80. The lowest BCUT2D eigenvalue weighted by atomic mass is 10.0. The van der Waals surface area contributed by atoms with Crippen molar-refractivity contribution in [1.82, 2.24) is 15.2 Å². The summed E-state index contributed by atoms with van der Waals surface area (Å²) in [4.78, 5) is 3.36. The molecule has 0 fully saturated rings. The summed E-state index contributed by atoms with van der Waals surface area (Å²) in [5.74, 6) is -0.556. The third-order valence-electron chi connectivity index (χ3n) is 2.01. The number of nitrogens with zero attached hydrogens (tertiary/aromatic N) is 2. The second-order valence-electron chi connectivity index (χ2n) is 4.20. The summed E-state index contributed by atoms with van der Waals surface area (Å²) in [5, 5.41) is 5.36. The normalized spacial score (nSPS) is 14.4. The molecule has 3 N–H and O–H groups in total. The van der Waals surface area contributed by atoms with Crippen LogP contribution in [0.3, 0.4) is 0 Å². The Labute approximate surface area is 91.4 Å². The minimum absolute atomic E-state index is 0.181. The quantitative estimate of drug-likeness (QED) is 0.836. The van der Waals surface area contributed by atoms with Gasteiger partial charge in [0.1, 0.15) is 5.82 Å². The van der Waals surface area contributed by atoms with Gasteiger partial charge in [-0.05, 0) is 12.3 Å². The molecule has 0 saturated heterocycles. The molecule has 1 heterocycles. The first-order valence-electron chi connectivity index (χ1n) is 5.03. The molecular formula is C9H15F3N4. The van der Waals surface area contributed by atoms with E-state index < -0.39 is 12.0 Å². The molecule has 7 heteroatoms. The zero-order valence-corrected chi connectivity index (χ0v) is 9.17. The van der Waals surface area contributed by atoms with Crippen LogP contribution in [0, 0.1) is 5.92 Å². The van der Waals surface area contributed by atoms with Crippen molar-refractivity contribution in [3.8, 4) is 0 Å². The maximum absolute atomic E-state index is 12.2. The van der Waals surface area contributed by atoms with Gasteiger partial charge < -0.3 is 5.73 Å². The molecule has 0 aromatic carbocycles. The van der Waals surface area contributed by atoms with E-state index in [0.717, 1.165) is 6.42 Å². The molecule has 0 aliphatic carbocycles. The number of halogens is 3. The standard InChI is InChI=1S/C9H15F3N4/c1-5(2)3-6(13)4-7-14-8(16-15-7)9(10,11)12/h5-6H,3-4,13H2,1-2H3,(H,14,15,16)/t6-/m0/s1. The summed E-state index contributed by atoms with van der Waals surface area (Å²) in [6, 6.07) is -0.200. The number of aromatic nitrogens is 3. The first-order valence-corrected chi connectivity index (χ1v) is 5.03. The highest BCUT2D eigenvalue weighted by Crippen LogP contribution is 2.25. The summed E-state index contributed by atoms with van der Waals surface area (Å²) in [6.45, 7) is 4.00. The van der Waals surface area contributed by atoms with Crippen LogP contribution in [0.2, 0.25) is 0 Å². The molecule has 92 valence electrons. The van der Waals surface area contributed by atoms with E-state index in [-0.39, 0.29) is 18.3 Å². The third-order valence-corrected chi connectivity index (χ3v) is 2.01. The molecule has 1 atom stereocenters. The number of rotatable bonds is 4. The van der Waals surface area contributed by atoms with E-state index in [1.54, 1.807) is 0 Å². The van der Waals surface area contributed by atoms with Crippen molar-refractivity contribution in [2.45, 2.75) is 38.9 Å². The summed E-state index contributed by atoms with van der Waals surface area (Å²) in [6.07, 6.45) is -3.49. The first kappa shape index (κ1) is 13.0. The van der Waals surface area contributed by atoms with Gasteiger partial charge in [-0.2, -0.15) is 13.2 Å². The fourth-order valence-corrected chi connectivity index (χ4v) is 1.45. The zero-order valence-electron chi connectivity index (χ0n) is 9.17. The molecule has 0 aliphatic heterocycles. The molecule has 1 aromatic heterocycles. The average Bonchev–Trinajstić information content (AvgIpc) is 2.49. The van der Waals surface area contributed by atoms with Crippen LogP contribution in [0.4, 0.5) is 13.2 Å². The highest BCUT2D eigenvalue weighted by atomic mass is 19.4. The Morgan fingerprint density at radius 1 is 1.38 bits per heavy atom. The lowest BCUT2D eigenvalue weighted by Gasteiger charge is -2.11. The van der Waals surface area contributed by atoms with Crippen molar-refractivity contribution >= 4 is 0 Å². The predicted octanol–water partition coefficient (Wildman–Crippen LogP) is 1.74. The van der Waals surface area contributed by atoms with E-state index in [1.165, 1.54) is 0 Å². The first-order chi connectivity index (χ1) is 7.29. The van der Waals surface area contributed by atoms with Gasteiger partial charge in [-0.15, -0.1) is 5.10 Å². The lowest BCUT2D eigenvalue weighted by Crippen LogP contribution is -2.25. The van der Waals surface area contributed by atoms with E-state index in [9.17, 15) is 13.2 Å². The van der Waals surface area contributed by atoms with Gasteiger partial charge in [0.05, 0.1) is 0 Å². The van der Waals surface area contributed by atoms with Gasteiger partial charge in [-0.1, -0.05) is 13.8 Å². The van der Waals surface area contributed by atoms with Crippen molar-refractivity contribution in [2.75, 3.05) is 0 Å². The Morgan fingerprint density at radius 2 is 2.00 bits per heavy atom. The Morgan fingerprint density at radius 3 is 2.44 bits per heavy atom. The van der Waals surface area contributed by atoms with Crippen LogP contribution in [-0.2, 0) is 12.6 Å². The predicted molar refractivity (Wildman–Crippen MR) is 52.5 cm³/mol. The lowest BCUT2D eigenvalue weighted by molar-refractivity contribution is -0.144. The van der Waals surface area contributed by atoms with E-state index in [1.807, 2.05) is 13.8 Å². The highest BCUT2D eigenvalue weighted by molar-refractivity contribution is 4.96. The molecule has 0 radical (unpaired) electrons. The summed E-state index contributed by atoms with van der Waals surface area (Å²) >= 11 is 0. The number of nitrogens with one attached hydrogen (secondary N) is 1. The monoisotopic (exact) mass is 236 g/mol. The maximum Gasteiger partial charge on any atom is 0.453 e. The van der Waals surface area contributed by atoms with Crippen molar-refractivity contribution in [2.24, 2.45) is 11.7 Å². The number of alkyl halides is 3. The molecule has 1 aromatic rings. The number of hydrogen-bond acceptors (Lipinski definition) is 3. The van der Waals surface area contributed by atoms with Crippen LogP contribution >= 0.6 is 0 Å². The average molecular weight is 236 g/mol. The summed E-state index contributed by atoms with van der Waals surface area (Å²) in [5.41, 5.74) is 5.76. The molecule has 0 saturated carbocycles. The zero-order chi connectivity index (χ0) is 12.3. The van der Waals surface area contributed by atoms with Crippen LogP contribution in [0.25, 0.3) is 0 Å². The van der Waals surface area contributed by atoms with Crippen LogP contribution in [0.5, 0.6) is 0 Å². The molecule has 0 spiro atoms. The smallest absolute Gasteiger partial charge is 0.327 e. The van der Waals surface area contributed by atoms with Crippen LogP contribution in [0.15, 0.2) is 0 Å². The maximum atomic E-state index is 12.2. The molecule has 16 heavy (non-hydrogen) atoms. The summed E-state index contributed by atoms with van der Waals surface area (Å²) in [7, 11) is 0. The van der Waals surface area contributed by atoms with Gasteiger partial charge >= 0.3 is 6.18 Å². The molecule has 0 aliphatic rings.